The second-order valence-corrected chi connectivity index (χ2v) is 4.05. The van der Waals surface area contributed by atoms with Gasteiger partial charge in [0.2, 0.25) is 0 Å². The maximum atomic E-state index is 12.4. The number of esters is 2. The Balaban J connectivity index is 4.83. The van der Waals surface area contributed by atoms with Crippen LogP contribution < -0.4 is 0 Å². The zero-order valence-corrected chi connectivity index (χ0v) is 10.2. The van der Waals surface area contributed by atoms with Crippen molar-refractivity contribution in [1.82, 2.24) is 0 Å². The molecule has 7 heteroatoms. The smallest absolute Gasteiger partial charge is 0.380 e. The minimum atomic E-state index is -2.88. The van der Waals surface area contributed by atoms with Crippen LogP contribution in [0.25, 0.3) is 0 Å². The summed E-state index contributed by atoms with van der Waals surface area (Å²) in [4.78, 5) is 33.7. The molecule has 0 spiro atoms. The van der Waals surface area contributed by atoms with E-state index >= 15 is 0 Å². The van der Waals surface area contributed by atoms with Crippen LogP contribution in [0, 0.1) is 5.41 Å². The summed E-state index contributed by atoms with van der Waals surface area (Å²) in [5.41, 5.74) is -1.68. The number of hydrogen-bond donors (Lipinski definition) is 0. The fourth-order valence-corrected chi connectivity index (χ4v) is 0.987. The van der Waals surface area contributed by atoms with Crippen LogP contribution in [0.2, 0.25) is 0 Å². The van der Waals surface area contributed by atoms with Crippen molar-refractivity contribution in [2.24, 2.45) is 5.41 Å². The molecule has 0 aromatic carbocycles. The first kappa shape index (κ1) is 16.3. The molecule has 0 heterocycles. The molecule has 0 aromatic heterocycles. The van der Waals surface area contributed by atoms with Crippen molar-refractivity contribution in [2.45, 2.75) is 33.6 Å². The van der Waals surface area contributed by atoms with E-state index in [1.165, 1.54) is 13.8 Å². The molecule has 4 nitrogen and oxygen atoms in total. The van der Waals surface area contributed by atoms with Gasteiger partial charge in [0.25, 0.3) is 5.83 Å². The normalized spacial score (nSPS) is 10.8. The second kappa shape index (κ2) is 6.32. The molecule has 0 unspecified atom stereocenters. The van der Waals surface area contributed by atoms with Gasteiger partial charge in [0.1, 0.15) is 11.2 Å². The molecule has 102 valence electrons. The molecule has 0 amide bonds. The summed E-state index contributed by atoms with van der Waals surface area (Å²) in [7, 11) is 0. The monoisotopic (exact) mass is 266 g/mol. The Bertz CT molecular complexity index is 395. The van der Waals surface area contributed by atoms with Gasteiger partial charge in [-0.25, -0.2) is 4.79 Å². The first-order chi connectivity index (χ1) is 8.14. The third-order valence-electron chi connectivity index (χ3n) is 2.21. The topological polar surface area (TPSA) is 60.4 Å². The highest BCUT2D eigenvalue weighted by Crippen LogP contribution is 2.23. The predicted octanol–water partition coefficient (Wildman–Crippen LogP) is 2.53. The number of ether oxygens (including phenoxy) is 1. The molecule has 0 bridgehead atoms. The fraction of sp³-hybridized carbons (Fsp3) is 0.545. The van der Waals surface area contributed by atoms with Crippen LogP contribution >= 0.6 is 0 Å². The zero-order chi connectivity index (χ0) is 14.5. The van der Waals surface area contributed by atoms with Gasteiger partial charge in [-0.15, -0.1) is 0 Å². The molecule has 0 atom stereocenters. The van der Waals surface area contributed by atoms with Crippen LogP contribution in [0.3, 0.4) is 0 Å². The van der Waals surface area contributed by atoms with E-state index in [1.807, 2.05) is 0 Å². The summed E-state index contributed by atoms with van der Waals surface area (Å²) in [6.07, 6.45) is -2.35. The lowest BCUT2D eigenvalue weighted by Crippen LogP contribution is -2.36. The van der Waals surface area contributed by atoms with Crippen LogP contribution in [0.1, 0.15) is 33.6 Å². The Morgan fingerprint density at radius 1 is 1.11 bits per heavy atom. The molecule has 0 fully saturated rings. The Hall–Kier alpha value is -1.66. The van der Waals surface area contributed by atoms with E-state index in [1.54, 1.807) is 6.92 Å². The summed E-state index contributed by atoms with van der Waals surface area (Å²) >= 11 is 0. The van der Waals surface area contributed by atoms with Gasteiger partial charge in [0, 0.05) is 6.42 Å². The molecule has 0 N–H and O–H groups in total. The molecule has 0 aromatic rings. The van der Waals surface area contributed by atoms with Crippen LogP contribution in [0.15, 0.2) is 11.9 Å². The third-order valence-corrected chi connectivity index (χ3v) is 2.21. The molecule has 0 radical (unpaired) electrons. The number of rotatable bonds is 5. The maximum absolute atomic E-state index is 12.4. The maximum Gasteiger partial charge on any atom is 0.380 e. The Labute approximate surface area is 102 Å². The van der Waals surface area contributed by atoms with E-state index < -0.39 is 35.0 Å². The summed E-state index contributed by atoms with van der Waals surface area (Å²) in [5.74, 6) is -6.42. The fourth-order valence-electron chi connectivity index (χ4n) is 0.987. The quantitative estimate of drug-likeness (QED) is 0.436. The predicted molar refractivity (Wildman–Crippen MR) is 55.1 cm³/mol. The molecule has 0 rings (SSSR count). The molecule has 0 aliphatic rings. The third kappa shape index (κ3) is 3.97. The minimum Gasteiger partial charge on any atom is -0.387 e. The van der Waals surface area contributed by atoms with Gasteiger partial charge < -0.3 is 4.74 Å². The SMILES string of the molecule is CCCC(=O)C(C)(C)C(=O)OC(=O)C(F)=C(F)F. The van der Waals surface area contributed by atoms with Gasteiger partial charge in [0.15, 0.2) is 0 Å². The Morgan fingerprint density at radius 3 is 2.00 bits per heavy atom. The minimum absolute atomic E-state index is 0.0616. The lowest BCUT2D eigenvalue weighted by molar-refractivity contribution is -0.166. The molecule has 0 aliphatic heterocycles. The number of carbonyl (C=O) groups excluding carboxylic acids is 3. The van der Waals surface area contributed by atoms with Gasteiger partial charge >= 0.3 is 18.0 Å². The van der Waals surface area contributed by atoms with E-state index in [9.17, 15) is 27.6 Å². The highest BCUT2D eigenvalue weighted by Gasteiger charge is 2.38. The molecular formula is C11H13F3O4. The van der Waals surface area contributed by atoms with Crippen molar-refractivity contribution in [3.63, 3.8) is 0 Å². The van der Waals surface area contributed by atoms with E-state index in [-0.39, 0.29) is 6.42 Å². The van der Waals surface area contributed by atoms with Crippen molar-refractivity contribution in [2.75, 3.05) is 0 Å². The lowest BCUT2D eigenvalue weighted by atomic mass is 9.86. The Morgan fingerprint density at radius 2 is 1.61 bits per heavy atom. The summed E-state index contributed by atoms with van der Waals surface area (Å²) in [6, 6.07) is 0. The summed E-state index contributed by atoms with van der Waals surface area (Å²) in [5, 5.41) is 0. The van der Waals surface area contributed by atoms with Crippen LogP contribution in [0.5, 0.6) is 0 Å². The average Bonchev–Trinajstić information content (AvgIpc) is 2.27. The highest BCUT2D eigenvalue weighted by atomic mass is 19.3. The molecule has 0 saturated heterocycles. The van der Waals surface area contributed by atoms with Gasteiger partial charge in [0.05, 0.1) is 0 Å². The first-order valence-electron chi connectivity index (χ1n) is 5.15. The van der Waals surface area contributed by atoms with Crippen LogP contribution in [0.4, 0.5) is 13.2 Å². The number of ketones is 1. The van der Waals surface area contributed by atoms with Crippen molar-refractivity contribution >= 4 is 17.7 Å². The second-order valence-electron chi connectivity index (χ2n) is 4.05. The summed E-state index contributed by atoms with van der Waals surface area (Å²) in [6.45, 7) is 4.05. The van der Waals surface area contributed by atoms with Crippen molar-refractivity contribution < 1.29 is 32.3 Å². The van der Waals surface area contributed by atoms with Crippen molar-refractivity contribution in [1.29, 1.82) is 0 Å². The molecule has 0 aliphatic carbocycles. The highest BCUT2D eigenvalue weighted by molar-refractivity contribution is 6.07. The summed E-state index contributed by atoms with van der Waals surface area (Å²) < 4.78 is 39.8. The first-order valence-corrected chi connectivity index (χ1v) is 5.15. The number of halogens is 3. The van der Waals surface area contributed by atoms with E-state index in [0.717, 1.165) is 0 Å². The Kier molecular flexibility index (Phi) is 5.74. The number of carbonyl (C=O) groups is 3. The molecule has 18 heavy (non-hydrogen) atoms. The van der Waals surface area contributed by atoms with E-state index in [4.69, 9.17) is 0 Å². The van der Waals surface area contributed by atoms with Gasteiger partial charge in [-0.3, -0.25) is 9.59 Å². The van der Waals surface area contributed by atoms with Crippen LogP contribution in [-0.2, 0) is 19.1 Å². The molecular weight excluding hydrogens is 253 g/mol. The van der Waals surface area contributed by atoms with Crippen molar-refractivity contribution in [3.8, 4) is 0 Å². The van der Waals surface area contributed by atoms with Gasteiger partial charge in [-0.2, -0.15) is 13.2 Å². The zero-order valence-electron chi connectivity index (χ0n) is 10.2. The van der Waals surface area contributed by atoms with Crippen LogP contribution in [-0.4, -0.2) is 17.7 Å². The van der Waals surface area contributed by atoms with E-state index in [0.29, 0.717) is 6.42 Å². The van der Waals surface area contributed by atoms with Gasteiger partial charge in [-0.1, -0.05) is 6.92 Å². The number of hydrogen-bond acceptors (Lipinski definition) is 4. The van der Waals surface area contributed by atoms with E-state index in [2.05, 4.69) is 4.74 Å². The average molecular weight is 266 g/mol. The van der Waals surface area contributed by atoms with Crippen molar-refractivity contribution in [3.05, 3.63) is 11.9 Å². The lowest BCUT2D eigenvalue weighted by Gasteiger charge is -2.19. The van der Waals surface area contributed by atoms with Gasteiger partial charge in [-0.05, 0) is 20.3 Å². The molecule has 0 saturated carbocycles. The standard InChI is InChI=1S/C11H13F3O4/c1-4-5-6(15)11(2,3)10(17)18-9(16)7(12)8(13)14/h4-5H2,1-3H3. The number of Topliss-reactive ketones (excluding diaryl/α,β-unsaturated/α-hetero) is 1. The largest absolute Gasteiger partial charge is 0.387 e.